The minimum Gasteiger partial charge on any atom is -0.467 e. The summed E-state index contributed by atoms with van der Waals surface area (Å²) < 4.78 is 50.9. The molecule has 2 amide bonds. The number of hydrogen-bond acceptors (Lipinski definition) is 5. The first-order valence-electron chi connectivity index (χ1n) is 9.51. The van der Waals surface area contributed by atoms with Crippen molar-refractivity contribution in [2.75, 3.05) is 13.9 Å². The van der Waals surface area contributed by atoms with Crippen molar-refractivity contribution in [1.82, 2.24) is 14.5 Å². The maximum Gasteiger partial charge on any atom is 0.434 e. The summed E-state index contributed by atoms with van der Waals surface area (Å²) in [5.74, 6) is -0.498. The molecule has 7 nitrogen and oxygen atoms in total. The second kappa shape index (κ2) is 8.12. The Morgan fingerprint density at radius 2 is 1.69 bits per heavy atom. The van der Waals surface area contributed by atoms with Crippen molar-refractivity contribution in [2.24, 2.45) is 7.05 Å². The Kier molecular flexibility index (Phi) is 5.47. The number of imidazole rings is 1. The Bertz CT molecular complexity index is 1170. The summed E-state index contributed by atoms with van der Waals surface area (Å²) >= 11 is 0. The van der Waals surface area contributed by atoms with Gasteiger partial charge in [-0.05, 0) is 18.2 Å². The Morgan fingerprint density at radius 3 is 2.25 bits per heavy atom. The van der Waals surface area contributed by atoms with E-state index in [1.165, 1.54) is 24.8 Å². The molecule has 4 rings (SSSR count). The van der Waals surface area contributed by atoms with Crippen molar-refractivity contribution in [3.8, 4) is 17.1 Å². The van der Waals surface area contributed by atoms with Gasteiger partial charge in [-0.25, -0.2) is 4.98 Å². The minimum atomic E-state index is -4.57. The van der Waals surface area contributed by atoms with Gasteiger partial charge < -0.3 is 14.0 Å². The summed E-state index contributed by atoms with van der Waals surface area (Å²) in [7, 11) is 2.88. The lowest BCUT2D eigenvalue weighted by molar-refractivity contribution is -0.140. The fraction of sp³-hybridized carbons (Fsp3) is 0.227. The third-order valence-electron chi connectivity index (χ3n) is 5.03. The molecule has 1 aliphatic heterocycles. The number of nitrogens with zero attached hydrogens (tertiary/aromatic N) is 3. The van der Waals surface area contributed by atoms with Crippen LogP contribution in [0.25, 0.3) is 11.4 Å². The molecule has 0 atom stereocenters. The van der Waals surface area contributed by atoms with Crippen LogP contribution in [-0.2, 0) is 24.5 Å². The number of ether oxygens (including phenoxy) is 2. The average Bonchev–Trinajstić information content (AvgIpc) is 3.27. The molecule has 0 fully saturated rings. The summed E-state index contributed by atoms with van der Waals surface area (Å²) in [6, 6.07) is 11.2. The van der Waals surface area contributed by atoms with Crippen LogP contribution in [0.5, 0.6) is 5.75 Å². The summed E-state index contributed by atoms with van der Waals surface area (Å²) in [5.41, 5.74) is 0.498. The van der Waals surface area contributed by atoms with Gasteiger partial charge in [0.25, 0.3) is 11.8 Å². The van der Waals surface area contributed by atoms with E-state index in [0.717, 1.165) is 11.1 Å². The van der Waals surface area contributed by atoms with Crippen LogP contribution in [0.3, 0.4) is 0 Å². The van der Waals surface area contributed by atoms with E-state index in [4.69, 9.17) is 9.47 Å². The molecule has 1 aliphatic rings. The number of aryl methyl sites for hydroxylation is 1. The number of aromatic nitrogens is 2. The molecule has 2 heterocycles. The number of methoxy groups -OCH3 is 1. The molecule has 0 N–H and O–H groups in total. The van der Waals surface area contributed by atoms with Crippen LogP contribution >= 0.6 is 0 Å². The maximum atomic E-state index is 13.0. The molecule has 2 aromatic carbocycles. The lowest BCUT2D eigenvalue weighted by Gasteiger charge is -2.18. The fourth-order valence-corrected chi connectivity index (χ4v) is 3.51. The Balaban J connectivity index is 1.68. The maximum absolute atomic E-state index is 13.0. The molecule has 0 bridgehead atoms. The molecule has 0 unspecified atom stereocenters. The number of benzene rings is 2. The van der Waals surface area contributed by atoms with Crippen LogP contribution in [0.2, 0.25) is 0 Å². The first kappa shape index (κ1) is 21.6. The number of halogens is 3. The first-order chi connectivity index (χ1) is 15.2. The van der Waals surface area contributed by atoms with Crippen LogP contribution in [0, 0.1) is 0 Å². The van der Waals surface area contributed by atoms with Crippen molar-refractivity contribution in [3.63, 3.8) is 0 Å². The standard InChI is InChI=1S/C22H18F3N3O4/c1-27-11-18(22(23,24)25)26-19(27)13-7-8-14(17(9-13)32-12-31-2)10-28-20(29)15-5-3-4-6-16(15)21(28)30/h3-9,11H,10,12H2,1-2H3. The molecule has 1 aromatic heterocycles. The van der Waals surface area contributed by atoms with Gasteiger partial charge in [0.05, 0.1) is 17.7 Å². The van der Waals surface area contributed by atoms with E-state index >= 15 is 0 Å². The molecular formula is C22H18F3N3O4. The number of imide groups is 1. The quantitative estimate of drug-likeness (QED) is 0.425. The molecule has 0 radical (unpaired) electrons. The van der Waals surface area contributed by atoms with Crippen molar-refractivity contribution in [3.05, 3.63) is 71.0 Å². The molecule has 0 spiro atoms. The van der Waals surface area contributed by atoms with E-state index in [-0.39, 0.29) is 24.9 Å². The Hall–Kier alpha value is -3.66. The largest absolute Gasteiger partial charge is 0.467 e. The van der Waals surface area contributed by atoms with E-state index in [9.17, 15) is 22.8 Å². The number of rotatable bonds is 6. The predicted octanol–water partition coefficient (Wildman–Crippen LogP) is 3.88. The molecule has 0 aliphatic carbocycles. The zero-order valence-electron chi connectivity index (χ0n) is 17.1. The van der Waals surface area contributed by atoms with Crippen LogP contribution in [0.15, 0.2) is 48.7 Å². The molecule has 0 saturated carbocycles. The minimum absolute atomic E-state index is 0.0694. The molecule has 166 valence electrons. The molecule has 3 aromatic rings. The fourth-order valence-electron chi connectivity index (χ4n) is 3.51. The molecule has 10 heteroatoms. The topological polar surface area (TPSA) is 73.7 Å². The van der Waals surface area contributed by atoms with Gasteiger partial charge in [0.15, 0.2) is 12.5 Å². The van der Waals surface area contributed by atoms with Gasteiger partial charge in [-0.3, -0.25) is 14.5 Å². The van der Waals surface area contributed by atoms with E-state index in [1.54, 1.807) is 36.4 Å². The summed E-state index contributed by atoms with van der Waals surface area (Å²) in [6.45, 7) is -0.201. The van der Waals surface area contributed by atoms with Crippen molar-refractivity contribution in [2.45, 2.75) is 12.7 Å². The summed E-state index contributed by atoms with van der Waals surface area (Å²) in [5, 5.41) is 0. The first-order valence-corrected chi connectivity index (χ1v) is 9.51. The highest BCUT2D eigenvalue weighted by atomic mass is 19.4. The highest BCUT2D eigenvalue weighted by Crippen LogP contribution is 2.33. The van der Waals surface area contributed by atoms with Crippen LogP contribution in [0.1, 0.15) is 32.0 Å². The second-order valence-corrected chi connectivity index (χ2v) is 7.17. The van der Waals surface area contributed by atoms with Gasteiger partial charge in [-0.2, -0.15) is 13.2 Å². The summed E-state index contributed by atoms with van der Waals surface area (Å²) in [6.07, 6.45) is -3.67. The van der Waals surface area contributed by atoms with E-state index < -0.39 is 23.7 Å². The van der Waals surface area contributed by atoms with E-state index in [0.29, 0.717) is 22.3 Å². The SMILES string of the molecule is COCOc1cc(-c2nc(C(F)(F)F)cn2C)ccc1CN1C(=O)c2ccccc2C1=O. The number of carbonyl (C=O) groups is 2. The third kappa shape index (κ3) is 3.84. The van der Waals surface area contributed by atoms with Crippen molar-refractivity contribution < 1.29 is 32.2 Å². The number of amides is 2. The number of carbonyl (C=O) groups excluding carboxylic acids is 2. The number of alkyl halides is 3. The Labute approximate surface area is 181 Å². The normalized spacial score (nSPS) is 13.6. The smallest absolute Gasteiger partial charge is 0.434 e. The van der Waals surface area contributed by atoms with E-state index in [2.05, 4.69) is 4.98 Å². The van der Waals surface area contributed by atoms with Gasteiger partial charge in [0.1, 0.15) is 11.6 Å². The second-order valence-electron chi connectivity index (χ2n) is 7.17. The van der Waals surface area contributed by atoms with Crippen molar-refractivity contribution >= 4 is 11.8 Å². The van der Waals surface area contributed by atoms with Gasteiger partial charge in [-0.1, -0.05) is 24.3 Å². The van der Waals surface area contributed by atoms with E-state index in [1.807, 2.05) is 0 Å². The number of hydrogen-bond donors (Lipinski definition) is 0. The molecule has 32 heavy (non-hydrogen) atoms. The van der Waals surface area contributed by atoms with Gasteiger partial charge in [0.2, 0.25) is 0 Å². The van der Waals surface area contributed by atoms with Crippen LogP contribution in [-0.4, -0.2) is 40.2 Å². The van der Waals surface area contributed by atoms with Crippen LogP contribution in [0.4, 0.5) is 13.2 Å². The number of fused-ring (bicyclic) bond motifs is 1. The van der Waals surface area contributed by atoms with Gasteiger partial charge in [0, 0.05) is 31.5 Å². The molecular weight excluding hydrogens is 427 g/mol. The zero-order valence-corrected chi connectivity index (χ0v) is 17.1. The lowest BCUT2D eigenvalue weighted by Crippen LogP contribution is -2.29. The highest BCUT2D eigenvalue weighted by Gasteiger charge is 2.36. The molecule has 0 saturated heterocycles. The predicted molar refractivity (Wildman–Crippen MR) is 107 cm³/mol. The third-order valence-corrected chi connectivity index (χ3v) is 5.03. The highest BCUT2D eigenvalue weighted by molar-refractivity contribution is 6.21. The Morgan fingerprint density at radius 1 is 1.03 bits per heavy atom. The average molecular weight is 445 g/mol. The van der Waals surface area contributed by atoms with Gasteiger partial charge in [-0.15, -0.1) is 0 Å². The summed E-state index contributed by atoms with van der Waals surface area (Å²) in [4.78, 5) is 30.2. The van der Waals surface area contributed by atoms with Gasteiger partial charge >= 0.3 is 6.18 Å². The van der Waals surface area contributed by atoms with Crippen molar-refractivity contribution in [1.29, 1.82) is 0 Å². The zero-order chi connectivity index (χ0) is 23.0. The monoisotopic (exact) mass is 445 g/mol. The van der Waals surface area contributed by atoms with Crippen LogP contribution < -0.4 is 4.74 Å². The lowest BCUT2D eigenvalue weighted by atomic mass is 10.1.